The van der Waals surface area contributed by atoms with Gasteiger partial charge in [-0.05, 0) is 35.9 Å². The Bertz CT molecular complexity index is 1090. The maximum Gasteiger partial charge on any atom is 0.275 e. The molecule has 8 heteroatoms. The molecule has 0 aliphatic carbocycles. The lowest BCUT2D eigenvalue weighted by molar-refractivity contribution is 0.0950. The van der Waals surface area contributed by atoms with Gasteiger partial charge in [0.2, 0.25) is 0 Å². The molecule has 0 spiro atoms. The van der Waals surface area contributed by atoms with Crippen LogP contribution < -0.4 is 14.9 Å². The summed E-state index contributed by atoms with van der Waals surface area (Å²) in [5.41, 5.74) is 4.12. The molecule has 0 aliphatic heterocycles. The van der Waals surface area contributed by atoms with Gasteiger partial charge in [-0.2, -0.15) is 5.10 Å². The van der Waals surface area contributed by atoms with Crippen molar-refractivity contribution in [2.45, 2.75) is 6.61 Å². The van der Waals surface area contributed by atoms with Crippen LogP contribution in [0.3, 0.4) is 0 Å². The van der Waals surface area contributed by atoms with Crippen LogP contribution in [0.5, 0.6) is 17.2 Å². The van der Waals surface area contributed by atoms with Gasteiger partial charge in [-0.1, -0.05) is 53.5 Å². The number of nitrogens with one attached hydrogen (secondary N) is 1. The number of nitrogens with zero attached hydrogens (tertiary/aromatic N) is 1. The number of para-hydroxylation sites is 1. The highest BCUT2D eigenvalue weighted by Crippen LogP contribution is 2.34. The molecule has 0 saturated heterocycles. The number of benzene rings is 3. The lowest BCUT2D eigenvalue weighted by Gasteiger charge is -2.11. The number of ether oxygens (including phenoxy) is 2. The number of aromatic hydroxyl groups is 1. The van der Waals surface area contributed by atoms with Crippen LogP contribution >= 0.6 is 23.2 Å². The smallest absolute Gasteiger partial charge is 0.275 e. The maximum absolute atomic E-state index is 12.6. The van der Waals surface area contributed by atoms with E-state index in [1.165, 1.54) is 25.5 Å². The summed E-state index contributed by atoms with van der Waals surface area (Å²) in [6, 6.07) is 17.2. The molecule has 2 N–H and O–H groups in total. The predicted octanol–water partition coefficient (Wildman–Crippen LogP) is 5.05. The Balaban J connectivity index is 1.70. The fraction of sp³-hybridized carbons (Fsp3) is 0.0909. The van der Waals surface area contributed by atoms with Gasteiger partial charge in [-0.25, -0.2) is 5.43 Å². The summed E-state index contributed by atoms with van der Waals surface area (Å²) in [4.78, 5) is 12.6. The molecule has 0 radical (unpaired) electrons. The third-order valence-corrected chi connectivity index (χ3v) is 4.78. The van der Waals surface area contributed by atoms with Crippen molar-refractivity contribution in [3.63, 3.8) is 0 Å². The van der Waals surface area contributed by atoms with Crippen LogP contribution in [0.25, 0.3) is 0 Å². The van der Waals surface area contributed by atoms with Crippen LogP contribution in [0.4, 0.5) is 0 Å². The Morgan fingerprint density at radius 1 is 1.07 bits per heavy atom. The van der Waals surface area contributed by atoms with E-state index >= 15 is 0 Å². The Hall–Kier alpha value is -3.22. The summed E-state index contributed by atoms with van der Waals surface area (Å²) < 4.78 is 10.8. The van der Waals surface area contributed by atoms with E-state index in [0.717, 1.165) is 5.56 Å². The average molecular weight is 445 g/mol. The topological polar surface area (TPSA) is 80.2 Å². The Kier molecular flexibility index (Phi) is 7.17. The third-order valence-electron chi connectivity index (χ3n) is 4.12. The molecule has 0 unspecified atom stereocenters. The Labute approximate surface area is 183 Å². The number of rotatable bonds is 7. The maximum atomic E-state index is 12.6. The largest absolute Gasteiger partial charge is 0.503 e. The fourth-order valence-electron chi connectivity index (χ4n) is 2.60. The molecule has 0 heterocycles. The lowest BCUT2D eigenvalue weighted by Crippen LogP contribution is -2.18. The van der Waals surface area contributed by atoms with Crippen LogP contribution in [0, 0.1) is 0 Å². The van der Waals surface area contributed by atoms with Gasteiger partial charge in [-0.3, -0.25) is 4.79 Å². The number of hydrazone groups is 1. The summed E-state index contributed by atoms with van der Waals surface area (Å²) >= 11 is 12.1. The molecule has 0 saturated carbocycles. The number of phenolic OH excluding ortho intramolecular Hbond substituents is 1. The second kappa shape index (κ2) is 10.0. The van der Waals surface area contributed by atoms with Crippen molar-refractivity contribution >= 4 is 35.3 Å². The van der Waals surface area contributed by atoms with Gasteiger partial charge < -0.3 is 14.6 Å². The molecular weight excluding hydrogens is 427 g/mol. The number of methoxy groups -OCH3 is 1. The summed E-state index contributed by atoms with van der Waals surface area (Å²) in [5, 5.41) is 14.4. The van der Waals surface area contributed by atoms with Gasteiger partial charge in [0, 0.05) is 10.6 Å². The van der Waals surface area contributed by atoms with Crippen LogP contribution in [0.1, 0.15) is 21.5 Å². The van der Waals surface area contributed by atoms with E-state index in [1.54, 1.807) is 30.3 Å². The highest BCUT2D eigenvalue weighted by Gasteiger charge is 2.12. The number of hydrogen-bond donors (Lipinski definition) is 2. The average Bonchev–Trinajstić information content (AvgIpc) is 2.75. The van der Waals surface area contributed by atoms with Crippen molar-refractivity contribution < 1.29 is 19.4 Å². The zero-order chi connectivity index (χ0) is 21.5. The van der Waals surface area contributed by atoms with E-state index in [-0.39, 0.29) is 23.1 Å². The molecule has 3 aromatic carbocycles. The SMILES string of the molecule is COc1cc(/C=N/NC(=O)c2ccccc2OCc2ccccc2Cl)cc(Cl)c1O. The van der Waals surface area contributed by atoms with E-state index in [0.29, 0.717) is 21.9 Å². The van der Waals surface area contributed by atoms with Crippen molar-refractivity contribution in [1.29, 1.82) is 0 Å². The molecule has 6 nitrogen and oxygen atoms in total. The number of halogens is 2. The molecule has 154 valence electrons. The Morgan fingerprint density at radius 2 is 1.80 bits per heavy atom. The zero-order valence-corrected chi connectivity index (χ0v) is 17.4. The van der Waals surface area contributed by atoms with Crippen LogP contribution in [-0.2, 0) is 6.61 Å². The lowest BCUT2D eigenvalue weighted by atomic mass is 10.2. The first-order valence-corrected chi connectivity index (χ1v) is 9.60. The van der Waals surface area contributed by atoms with Crippen molar-refractivity contribution in [3.8, 4) is 17.2 Å². The van der Waals surface area contributed by atoms with Gasteiger partial charge >= 0.3 is 0 Å². The van der Waals surface area contributed by atoms with E-state index in [4.69, 9.17) is 32.7 Å². The molecule has 0 atom stereocenters. The summed E-state index contributed by atoms with van der Waals surface area (Å²) in [7, 11) is 1.41. The molecule has 3 aromatic rings. The molecule has 3 rings (SSSR count). The first-order chi connectivity index (χ1) is 14.5. The van der Waals surface area contributed by atoms with Crippen molar-refractivity contribution in [2.75, 3.05) is 7.11 Å². The van der Waals surface area contributed by atoms with Crippen LogP contribution in [0.2, 0.25) is 10.0 Å². The minimum absolute atomic E-state index is 0.112. The number of amides is 1. The van der Waals surface area contributed by atoms with Crippen LogP contribution in [-0.4, -0.2) is 24.3 Å². The van der Waals surface area contributed by atoms with Crippen molar-refractivity contribution in [3.05, 3.63) is 87.4 Å². The summed E-state index contributed by atoms with van der Waals surface area (Å²) in [6.07, 6.45) is 1.39. The van der Waals surface area contributed by atoms with Crippen molar-refractivity contribution in [1.82, 2.24) is 5.43 Å². The van der Waals surface area contributed by atoms with E-state index < -0.39 is 5.91 Å². The number of phenols is 1. The second-order valence-corrected chi connectivity index (χ2v) is 6.94. The third kappa shape index (κ3) is 5.23. The van der Waals surface area contributed by atoms with Crippen molar-refractivity contribution in [2.24, 2.45) is 5.10 Å². The Morgan fingerprint density at radius 3 is 2.57 bits per heavy atom. The number of carbonyl (C=O) groups is 1. The summed E-state index contributed by atoms with van der Waals surface area (Å²) in [5.74, 6) is -0.00383. The molecule has 0 bridgehead atoms. The first kappa shape index (κ1) is 21.5. The quantitative estimate of drug-likeness (QED) is 0.394. The van der Waals surface area contributed by atoms with Gasteiger partial charge in [0.1, 0.15) is 12.4 Å². The van der Waals surface area contributed by atoms with E-state index in [9.17, 15) is 9.90 Å². The molecule has 1 amide bonds. The molecular formula is C22H18Cl2N2O4. The monoisotopic (exact) mass is 444 g/mol. The molecule has 0 aliphatic rings. The first-order valence-electron chi connectivity index (χ1n) is 8.84. The zero-order valence-electron chi connectivity index (χ0n) is 15.9. The van der Waals surface area contributed by atoms with Crippen LogP contribution in [0.15, 0.2) is 65.8 Å². The predicted molar refractivity (Wildman–Crippen MR) is 117 cm³/mol. The standard InChI is InChI=1S/C22H18Cl2N2O4/c1-29-20-11-14(10-18(24)21(20)27)12-25-26-22(28)16-7-3-5-9-19(16)30-13-15-6-2-4-8-17(15)23/h2-12,27H,13H2,1H3,(H,26,28)/b25-12+. The summed E-state index contributed by atoms with van der Waals surface area (Å²) in [6.45, 7) is 0.221. The minimum Gasteiger partial charge on any atom is -0.503 e. The molecule has 0 aromatic heterocycles. The minimum atomic E-state index is -0.446. The molecule has 30 heavy (non-hydrogen) atoms. The number of carbonyl (C=O) groups excluding carboxylic acids is 1. The second-order valence-electron chi connectivity index (χ2n) is 6.13. The van der Waals surface area contributed by atoms with Gasteiger partial charge in [0.25, 0.3) is 5.91 Å². The highest BCUT2D eigenvalue weighted by molar-refractivity contribution is 6.32. The van der Waals surface area contributed by atoms with E-state index in [1.807, 2.05) is 18.2 Å². The van der Waals surface area contributed by atoms with E-state index in [2.05, 4.69) is 10.5 Å². The number of hydrogen-bond acceptors (Lipinski definition) is 5. The normalized spacial score (nSPS) is 10.8. The van der Waals surface area contributed by atoms with Gasteiger partial charge in [-0.15, -0.1) is 0 Å². The highest BCUT2D eigenvalue weighted by atomic mass is 35.5. The fourth-order valence-corrected chi connectivity index (χ4v) is 3.01. The molecule has 0 fully saturated rings. The van der Waals surface area contributed by atoms with Gasteiger partial charge in [0.15, 0.2) is 11.5 Å². The van der Waals surface area contributed by atoms with Gasteiger partial charge in [0.05, 0.1) is 23.9 Å².